The van der Waals surface area contributed by atoms with E-state index < -0.39 is 48.4 Å². The third-order valence-corrected chi connectivity index (χ3v) is 3.94. The molecule has 5 atom stereocenters. The number of nitrogens with two attached hydrogens (primary N) is 1. The van der Waals surface area contributed by atoms with E-state index in [1.807, 2.05) is 30.3 Å². The van der Waals surface area contributed by atoms with E-state index in [1.54, 1.807) is 6.92 Å². The van der Waals surface area contributed by atoms with Gasteiger partial charge >= 0.3 is 11.9 Å². The molecule has 0 aromatic heterocycles. The molecule has 0 saturated carbocycles. The van der Waals surface area contributed by atoms with Crippen molar-refractivity contribution in [1.82, 2.24) is 0 Å². The summed E-state index contributed by atoms with van der Waals surface area (Å²) in [6.45, 7) is 4.25. The molecular weight excluding hydrogens is 342 g/mol. The van der Waals surface area contributed by atoms with Crippen LogP contribution in [0.1, 0.15) is 26.3 Å². The van der Waals surface area contributed by atoms with Crippen molar-refractivity contribution in [1.29, 1.82) is 0 Å². The summed E-state index contributed by atoms with van der Waals surface area (Å²) in [7, 11) is 0. The summed E-state index contributed by atoms with van der Waals surface area (Å²) in [4.78, 5) is 34.8. The molecule has 0 radical (unpaired) electrons. The molecule has 0 bridgehead atoms. The average molecular weight is 365 g/mol. The minimum absolute atomic E-state index is 0.166. The van der Waals surface area contributed by atoms with Crippen molar-refractivity contribution < 1.29 is 33.3 Å². The number of benzene rings is 1. The normalized spacial score (nSPS) is 28.2. The molecule has 2 N–H and O–H groups in total. The van der Waals surface area contributed by atoms with Gasteiger partial charge in [0.25, 0.3) is 5.91 Å². The van der Waals surface area contributed by atoms with Gasteiger partial charge in [-0.25, -0.2) is 0 Å². The summed E-state index contributed by atoms with van der Waals surface area (Å²) in [5.74, 6) is -1.97. The maximum atomic E-state index is 11.8. The van der Waals surface area contributed by atoms with Crippen LogP contribution in [0.4, 0.5) is 0 Å². The second kappa shape index (κ2) is 8.77. The highest BCUT2D eigenvalue weighted by atomic mass is 16.6. The first-order chi connectivity index (χ1) is 12.3. The van der Waals surface area contributed by atoms with E-state index in [-0.39, 0.29) is 6.61 Å². The Kier molecular flexibility index (Phi) is 6.70. The van der Waals surface area contributed by atoms with Crippen molar-refractivity contribution >= 4 is 17.8 Å². The summed E-state index contributed by atoms with van der Waals surface area (Å²) in [5, 5.41) is 0. The first-order valence-electron chi connectivity index (χ1n) is 8.24. The van der Waals surface area contributed by atoms with Crippen molar-refractivity contribution in [2.45, 2.75) is 57.9 Å². The lowest BCUT2D eigenvalue weighted by Gasteiger charge is -2.43. The highest BCUT2D eigenvalue weighted by molar-refractivity contribution is 5.80. The third kappa shape index (κ3) is 5.03. The van der Waals surface area contributed by atoms with Crippen LogP contribution in [0.3, 0.4) is 0 Å². The average Bonchev–Trinajstić information content (AvgIpc) is 2.56. The van der Waals surface area contributed by atoms with Crippen molar-refractivity contribution in [3.05, 3.63) is 35.9 Å². The van der Waals surface area contributed by atoms with Gasteiger partial charge in [0.15, 0.2) is 18.3 Å². The number of carbonyl (C=O) groups excluding carboxylic acids is 3. The number of hydrogen-bond donors (Lipinski definition) is 1. The zero-order valence-corrected chi connectivity index (χ0v) is 14.9. The van der Waals surface area contributed by atoms with Crippen LogP contribution >= 0.6 is 0 Å². The molecule has 1 aromatic rings. The fraction of sp³-hybridized carbons (Fsp3) is 0.500. The molecule has 0 spiro atoms. The second-order valence-corrected chi connectivity index (χ2v) is 6.07. The van der Waals surface area contributed by atoms with E-state index in [4.69, 9.17) is 24.7 Å². The van der Waals surface area contributed by atoms with Gasteiger partial charge in [0.05, 0.1) is 12.7 Å². The summed E-state index contributed by atoms with van der Waals surface area (Å²) in [6.07, 6.45) is -4.79. The predicted molar refractivity (Wildman–Crippen MR) is 89.7 cm³/mol. The van der Waals surface area contributed by atoms with Crippen LogP contribution in [0, 0.1) is 0 Å². The largest absolute Gasteiger partial charge is 0.457 e. The van der Waals surface area contributed by atoms with Gasteiger partial charge in [-0.15, -0.1) is 0 Å². The third-order valence-electron chi connectivity index (χ3n) is 3.94. The van der Waals surface area contributed by atoms with Gasteiger partial charge in [-0.1, -0.05) is 30.3 Å². The number of primary amides is 1. The number of amides is 1. The minimum atomic E-state index is -1.21. The molecule has 1 heterocycles. The number of carbonyl (C=O) groups is 3. The molecule has 1 aromatic carbocycles. The monoisotopic (exact) mass is 365 g/mol. The molecule has 1 fully saturated rings. The van der Waals surface area contributed by atoms with Crippen LogP contribution in [0.15, 0.2) is 30.3 Å². The second-order valence-electron chi connectivity index (χ2n) is 6.07. The van der Waals surface area contributed by atoms with E-state index in [9.17, 15) is 14.4 Å². The van der Waals surface area contributed by atoms with Crippen LogP contribution in [0.25, 0.3) is 0 Å². The van der Waals surface area contributed by atoms with Gasteiger partial charge in [-0.2, -0.15) is 0 Å². The Morgan fingerprint density at radius 2 is 1.58 bits per heavy atom. The van der Waals surface area contributed by atoms with Gasteiger partial charge in [0.2, 0.25) is 0 Å². The highest BCUT2D eigenvalue weighted by Crippen LogP contribution is 2.29. The molecule has 8 nitrogen and oxygen atoms in total. The molecule has 8 heteroatoms. The zero-order chi connectivity index (χ0) is 19.3. The smallest absolute Gasteiger partial charge is 0.303 e. The quantitative estimate of drug-likeness (QED) is 0.738. The Balaban J connectivity index is 2.29. The van der Waals surface area contributed by atoms with Crippen LogP contribution in [-0.2, 0) is 39.9 Å². The van der Waals surface area contributed by atoms with Crippen LogP contribution in [-0.4, -0.2) is 48.4 Å². The van der Waals surface area contributed by atoms with E-state index >= 15 is 0 Å². The van der Waals surface area contributed by atoms with Crippen LogP contribution < -0.4 is 5.73 Å². The van der Waals surface area contributed by atoms with E-state index in [2.05, 4.69) is 0 Å². The summed E-state index contributed by atoms with van der Waals surface area (Å²) >= 11 is 0. The van der Waals surface area contributed by atoms with Crippen LogP contribution in [0.2, 0.25) is 0 Å². The van der Waals surface area contributed by atoms with Crippen LogP contribution in [0.5, 0.6) is 0 Å². The van der Waals surface area contributed by atoms with Crippen molar-refractivity contribution in [3.8, 4) is 0 Å². The van der Waals surface area contributed by atoms with E-state index in [0.29, 0.717) is 0 Å². The lowest BCUT2D eigenvalue weighted by molar-refractivity contribution is -0.244. The van der Waals surface area contributed by atoms with Gasteiger partial charge in [-0.05, 0) is 12.5 Å². The first-order valence-corrected chi connectivity index (χ1v) is 8.24. The molecule has 142 valence electrons. The van der Waals surface area contributed by atoms with Crippen molar-refractivity contribution in [2.75, 3.05) is 0 Å². The molecule has 1 aliphatic rings. The van der Waals surface area contributed by atoms with E-state index in [1.165, 1.54) is 13.8 Å². The zero-order valence-electron chi connectivity index (χ0n) is 14.9. The van der Waals surface area contributed by atoms with Gasteiger partial charge in [0.1, 0.15) is 6.10 Å². The number of hydrogen-bond acceptors (Lipinski definition) is 7. The maximum absolute atomic E-state index is 11.8. The Morgan fingerprint density at radius 3 is 2.12 bits per heavy atom. The summed E-state index contributed by atoms with van der Waals surface area (Å²) < 4.78 is 22.0. The molecule has 1 aliphatic heterocycles. The first kappa shape index (κ1) is 19.9. The standard InChI is InChI=1S/C18H23NO7/c1-10-14(25-11(2)20)15(23-9-13-7-5-4-6-8-13)16(26-12(3)21)17(24-10)18(19)22/h4-8,10,14-17H,9H2,1-3H3,(H2,19,22)/t10-,14?,15+,16+,17?/m0/s1. The summed E-state index contributed by atoms with van der Waals surface area (Å²) in [6, 6.07) is 9.29. The molecule has 26 heavy (non-hydrogen) atoms. The number of esters is 2. The lowest BCUT2D eigenvalue weighted by atomic mass is 9.94. The summed E-state index contributed by atoms with van der Waals surface area (Å²) in [5.41, 5.74) is 6.26. The van der Waals surface area contributed by atoms with Gasteiger partial charge in [0, 0.05) is 13.8 Å². The van der Waals surface area contributed by atoms with E-state index in [0.717, 1.165) is 5.56 Å². The van der Waals surface area contributed by atoms with Gasteiger partial charge < -0.3 is 24.7 Å². The molecular formula is C18H23NO7. The van der Waals surface area contributed by atoms with Crippen molar-refractivity contribution in [2.24, 2.45) is 5.73 Å². The molecule has 2 unspecified atom stereocenters. The Morgan fingerprint density at radius 1 is 1.00 bits per heavy atom. The molecule has 2 rings (SSSR count). The topological polar surface area (TPSA) is 114 Å². The lowest BCUT2D eigenvalue weighted by Crippen LogP contribution is -2.63. The SMILES string of the molecule is CC(=O)OC1[C@H](C)OC(C(N)=O)[C@H](OC(C)=O)[C@@H]1OCc1ccccc1. The predicted octanol–water partition coefficient (Wildman–Crippen LogP) is 0.708. The molecule has 1 saturated heterocycles. The Hall–Kier alpha value is -2.45. The van der Waals surface area contributed by atoms with Gasteiger partial charge in [-0.3, -0.25) is 14.4 Å². The molecule has 1 amide bonds. The van der Waals surface area contributed by atoms with Crippen molar-refractivity contribution in [3.63, 3.8) is 0 Å². The maximum Gasteiger partial charge on any atom is 0.303 e. The fourth-order valence-electron chi connectivity index (χ4n) is 2.87. The number of ether oxygens (including phenoxy) is 4. The number of rotatable bonds is 6. The minimum Gasteiger partial charge on any atom is -0.457 e. The fourth-order valence-corrected chi connectivity index (χ4v) is 2.87. The molecule has 0 aliphatic carbocycles. The Bertz CT molecular complexity index is 648. The highest BCUT2D eigenvalue weighted by Gasteiger charge is 2.51. The Labute approximate surface area is 151 Å².